The molecule has 1 atom stereocenters. The average molecular weight is 486 g/mol. The van der Waals surface area contributed by atoms with Gasteiger partial charge in [0, 0.05) is 32.8 Å². The number of carbonyl (C=O) groups is 1. The lowest BCUT2D eigenvalue weighted by atomic mass is 9.97. The van der Waals surface area contributed by atoms with Gasteiger partial charge in [-0.05, 0) is 49.1 Å². The number of nitrogens with zero attached hydrogens (tertiary/aromatic N) is 4. The lowest BCUT2D eigenvalue weighted by Crippen LogP contribution is -2.33. The van der Waals surface area contributed by atoms with Gasteiger partial charge in [-0.3, -0.25) is 9.59 Å². The van der Waals surface area contributed by atoms with E-state index in [1.54, 1.807) is 24.9 Å². The summed E-state index contributed by atoms with van der Waals surface area (Å²) in [6.07, 6.45) is -0.665. The van der Waals surface area contributed by atoms with Crippen LogP contribution in [0.25, 0.3) is 16.5 Å². The number of rotatable bonds is 4. The molecule has 1 aromatic carbocycles. The Morgan fingerprint density at radius 1 is 1.23 bits per heavy atom. The highest BCUT2D eigenvalue weighted by atomic mass is 19.4. The highest BCUT2D eigenvalue weighted by Crippen LogP contribution is 2.35. The number of amides is 1. The molecule has 0 saturated heterocycles. The van der Waals surface area contributed by atoms with Crippen LogP contribution in [0.15, 0.2) is 41.5 Å². The van der Waals surface area contributed by atoms with Crippen LogP contribution in [-0.2, 0) is 18.0 Å². The van der Waals surface area contributed by atoms with Crippen molar-refractivity contribution < 1.29 is 18.0 Å². The van der Waals surface area contributed by atoms with Crippen molar-refractivity contribution >= 4 is 28.2 Å². The van der Waals surface area contributed by atoms with E-state index in [1.165, 1.54) is 30.8 Å². The van der Waals surface area contributed by atoms with E-state index in [4.69, 9.17) is 0 Å². The zero-order valence-corrected chi connectivity index (χ0v) is 19.9. The lowest BCUT2D eigenvalue weighted by Gasteiger charge is -2.26. The smallest absolute Gasteiger partial charge is 0.363 e. The number of pyridine rings is 1. The molecule has 0 saturated carbocycles. The quantitative estimate of drug-likeness (QED) is 0.590. The number of hydrogen-bond acceptors (Lipinski definition) is 5. The summed E-state index contributed by atoms with van der Waals surface area (Å²) < 4.78 is 41.7. The molecule has 10 heteroatoms. The molecule has 0 fully saturated rings. The van der Waals surface area contributed by atoms with Gasteiger partial charge in [0.1, 0.15) is 17.7 Å². The molecule has 7 nitrogen and oxygen atoms in total. The van der Waals surface area contributed by atoms with Gasteiger partial charge >= 0.3 is 6.18 Å². The molecule has 1 amide bonds. The van der Waals surface area contributed by atoms with Gasteiger partial charge in [0.25, 0.3) is 5.56 Å². The third kappa shape index (κ3) is 4.65. The van der Waals surface area contributed by atoms with Crippen LogP contribution in [-0.4, -0.2) is 38.4 Å². The van der Waals surface area contributed by atoms with Gasteiger partial charge < -0.3 is 14.8 Å². The topological polar surface area (TPSA) is 80.1 Å². The van der Waals surface area contributed by atoms with E-state index >= 15 is 0 Å². The number of carbonyl (C=O) groups excluding carboxylic acids is 1. The van der Waals surface area contributed by atoms with Gasteiger partial charge in [-0.25, -0.2) is 9.97 Å². The Balaban J connectivity index is 1.75. The zero-order valence-electron chi connectivity index (χ0n) is 19.9. The molecule has 0 radical (unpaired) electrons. The first-order chi connectivity index (χ1) is 16.5. The van der Waals surface area contributed by atoms with E-state index in [-0.39, 0.29) is 22.5 Å². The first-order valence-corrected chi connectivity index (χ1v) is 11.2. The summed E-state index contributed by atoms with van der Waals surface area (Å²) in [4.78, 5) is 34.9. The van der Waals surface area contributed by atoms with Crippen LogP contribution in [0.2, 0.25) is 0 Å². The first-order valence-electron chi connectivity index (χ1n) is 11.2. The van der Waals surface area contributed by atoms with Crippen molar-refractivity contribution in [3.63, 3.8) is 0 Å². The summed E-state index contributed by atoms with van der Waals surface area (Å²) in [5.74, 6) is 0.353. The Labute approximate surface area is 200 Å². The largest absolute Gasteiger partial charge is 0.416 e. The molecular formula is C25H26F3N5O2. The Kier molecular flexibility index (Phi) is 6.40. The molecule has 1 aliphatic heterocycles. The van der Waals surface area contributed by atoms with Crippen molar-refractivity contribution in [2.75, 3.05) is 18.4 Å². The second-order valence-corrected chi connectivity index (χ2v) is 8.71. The fourth-order valence-corrected chi connectivity index (χ4v) is 4.53. The number of benzene rings is 1. The molecule has 3 aromatic rings. The van der Waals surface area contributed by atoms with Crippen LogP contribution in [0.1, 0.15) is 48.7 Å². The molecule has 0 bridgehead atoms. The summed E-state index contributed by atoms with van der Waals surface area (Å²) in [5, 5.41) is 3.66. The van der Waals surface area contributed by atoms with E-state index in [0.717, 1.165) is 11.6 Å². The molecular weight excluding hydrogens is 459 g/mol. The molecule has 184 valence electrons. The third-order valence-electron chi connectivity index (χ3n) is 6.52. The number of halogens is 3. The standard InChI is InChI=1S/C25H26F3N5O2/c1-14-18(6-5-7-20(14)25(26,27)28)15(2)31-23-19-12-21(17-8-10-33(11-9-17)16(3)34)32(4)24(35)22(19)29-13-30-23/h5-8,12-13,15H,9-11H2,1-4H3,(H,29,30,31)/t15-/m1/s1. The van der Waals surface area contributed by atoms with Crippen LogP contribution in [0.3, 0.4) is 0 Å². The van der Waals surface area contributed by atoms with Crippen LogP contribution in [0.5, 0.6) is 0 Å². The predicted molar refractivity (Wildman–Crippen MR) is 128 cm³/mol. The van der Waals surface area contributed by atoms with Gasteiger partial charge in [-0.2, -0.15) is 13.2 Å². The van der Waals surface area contributed by atoms with Gasteiger partial charge in [-0.1, -0.05) is 18.2 Å². The highest BCUT2D eigenvalue weighted by molar-refractivity contribution is 5.90. The molecule has 0 unspecified atom stereocenters. The fraction of sp³-hybridized carbons (Fsp3) is 0.360. The first kappa shape index (κ1) is 24.4. The van der Waals surface area contributed by atoms with E-state index in [0.29, 0.717) is 42.0 Å². The van der Waals surface area contributed by atoms with Crippen molar-refractivity contribution in [2.24, 2.45) is 7.05 Å². The Morgan fingerprint density at radius 2 is 1.97 bits per heavy atom. The summed E-state index contributed by atoms with van der Waals surface area (Å²) in [7, 11) is 1.67. The zero-order chi connectivity index (χ0) is 25.5. The van der Waals surface area contributed by atoms with E-state index in [1.807, 2.05) is 12.1 Å². The van der Waals surface area contributed by atoms with Gasteiger partial charge in [-0.15, -0.1) is 0 Å². The normalized spacial score (nSPS) is 15.2. The molecule has 1 aliphatic rings. The summed E-state index contributed by atoms with van der Waals surface area (Å²) in [6, 6.07) is 5.40. The fourth-order valence-electron chi connectivity index (χ4n) is 4.53. The Hall–Kier alpha value is -3.69. The van der Waals surface area contributed by atoms with Crippen molar-refractivity contribution in [1.29, 1.82) is 0 Å². The number of aromatic nitrogens is 3. The number of alkyl halides is 3. The van der Waals surface area contributed by atoms with Crippen molar-refractivity contribution in [3.8, 4) is 0 Å². The molecule has 0 aliphatic carbocycles. The minimum atomic E-state index is -4.45. The van der Waals surface area contributed by atoms with Crippen LogP contribution in [0.4, 0.5) is 19.0 Å². The van der Waals surface area contributed by atoms with Crippen LogP contribution in [0, 0.1) is 6.92 Å². The van der Waals surface area contributed by atoms with Gasteiger partial charge in [0.05, 0.1) is 17.0 Å². The van der Waals surface area contributed by atoms with E-state index < -0.39 is 17.8 Å². The molecule has 1 N–H and O–H groups in total. The maximum atomic E-state index is 13.4. The Bertz CT molecular complexity index is 1390. The van der Waals surface area contributed by atoms with E-state index in [9.17, 15) is 22.8 Å². The van der Waals surface area contributed by atoms with Crippen LogP contribution < -0.4 is 10.9 Å². The minimum Gasteiger partial charge on any atom is -0.363 e. The lowest BCUT2D eigenvalue weighted by molar-refractivity contribution is -0.138. The molecule has 4 rings (SSSR count). The minimum absolute atomic E-state index is 0.00791. The van der Waals surface area contributed by atoms with Crippen molar-refractivity contribution in [1.82, 2.24) is 19.4 Å². The Morgan fingerprint density at radius 3 is 2.60 bits per heavy atom. The average Bonchev–Trinajstić information content (AvgIpc) is 2.81. The molecule has 0 spiro atoms. The maximum Gasteiger partial charge on any atom is 0.416 e. The van der Waals surface area contributed by atoms with Crippen molar-refractivity contribution in [2.45, 2.75) is 39.4 Å². The predicted octanol–water partition coefficient (Wildman–Crippen LogP) is 4.46. The van der Waals surface area contributed by atoms with Gasteiger partial charge in [0.15, 0.2) is 0 Å². The second kappa shape index (κ2) is 9.16. The number of hydrogen-bond donors (Lipinski definition) is 1. The second-order valence-electron chi connectivity index (χ2n) is 8.71. The SMILES string of the molecule is CC(=O)N1CC=C(c2cc3c(N[C@H](C)c4cccc(C(F)(F)F)c4C)ncnc3c(=O)n2C)CC1. The van der Waals surface area contributed by atoms with E-state index in [2.05, 4.69) is 15.3 Å². The molecule has 2 aromatic heterocycles. The summed E-state index contributed by atoms with van der Waals surface area (Å²) in [5.41, 5.74) is 1.46. The summed E-state index contributed by atoms with van der Waals surface area (Å²) >= 11 is 0. The van der Waals surface area contributed by atoms with Crippen LogP contribution >= 0.6 is 0 Å². The van der Waals surface area contributed by atoms with Crippen molar-refractivity contribution in [3.05, 3.63) is 69.4 Å². The monoisotopic (exact) mass is 485 g/mol. The molecule has 35 heavy (non-hydrogen) atoms. The summed E-state index contributed by atoms with van der Waals surface area (Å²) in [6.45, 7) is 5.72. The highest BCUT2D eigenvalue weighted by Gasteiger charge is 2.33. The van der Waals surface area contributed by atoms with Gasteiger partial charge in [0.2, 0.25) is 5.91 Å². The number of nitrogens with one attached hydrogen (secondary N) is 1. The maximum absolute atomic E-state index is 13.4. The molecule has 3 heterocycles. The third-order valence-corrected chi connectivity index (χ3v) is 6.52. The number of anilines is 1. The number of fused-ring (bicyclic) bond motifs is 1.